The summed E-state index contributed by atoms with van der Waals surface area (Å²) in [6, 6.07) is 11.5. The Morgan fingerprint density at radius 2 is 2.00 bits per heavy atom. The van der Waals surface area contributed by atoms with Gasteiger partial charge in [0.25, 0.3) is 5.91 Å². The number of aryl methyl sites for hydroxylation is 2. The SMILES string of the molecule is Cc1cc(OCC(=O)N2Cc3[nH]c4ccccc4c3CC2CO)cc(C)c1Cl. The van der Waals surface area contributed by atoms with Crippen molar-refractivity contribution >= 4 is 28.4 Å². The van der Waals surface area contributed by atoms with E-state index < -0.39 is 0 Å². The van der Waals surface area contributed by atoms with Gasteiger partial charge in [-0.3, -0.25) is 4.79 Å². The monoisotopic (exact) mass is 398 g/mol. The van der Waals surface area contributed by atoms with Gasteiger partial charge >= 0.3 is 0 Å². The Kier molecular flexibility index (Phi) is 5.04. The number of para-hydroxylation sites is 1. The number of benzene rings is 2. The highest BCUT2D eigenvalue weighted by molar-refractivity contribution is 6.32. The maximum Gasteiger partial charge on any atom is 0.261 e. The molecule has 3 aromatic rings. The minimum Gasteiger partial charge on any atom is -0.484 e. The van der Waals surface area contributed by atoms with Crippen molar-refractivity contribution in [3.05, 3.63) is 63.8 Å². The van der Waals surface area contributed by atoms with Gasteiger partial charge in [0.2, 0.25) is 0 Å². The van der Waals surface area contributed by atoms with Crippen molar-refractivity contribution in [2.45, 2.75) is 32.9 Å². The minimum atomic E-state index is -0.253. The lowest BCUT2D eigenvalue weighted by Gasteiger charge is -2.34. The third kappa shape index (κ3) is 3.36. The van der Waals surface area contributed by atoms with Crippen LogP contribution in [-0.2, 0) is 17.8 Å². The Morgan fingerprint density at radius 1 is 1.29 bits per heavy atom. The molecule has 0 radical (unpaired) electrons. The van der Waals surface area contributed by atoms with Crippen molar-refractivity contribution in [1.29, 1.82) is 0 Å². The van der Waals surface area contributed by atoms with E-state index in [1.54, 1.807) is 4.90 Å². The van der Waals surface area contributed by atoms with Crippen molar-refractivity contribution in [1.82, 2.24) is 9.88 Å². The predicted octanol–water partition coefficient (Wildman–Crippen LogP) is 3.76. The topological polar surface area (TPSA) is 65.6 Å². The van der Waals surface area contributed by atoms with E-state index in [2.05, 4.69) is 11.1 Å². The zero-order valence-electron chi connectivity index (χ0n) is 16.0. The molecule has 0 saturated carbocycles. The molecule has 4 rings (SSSR count). The normalized spacial score (nSPS) is 16.3. The molecule has 1 amide bonds. The summed E-state index contributed by atoms with van der Waals surface area (Å²) < 4.78 is 5.74. The fourth-order valence-electron chi connectivity index (χ4n) is 3.94. The molecule has 0 bridgehead atoms. The van der Waals surface area contributed by atoms with Gasteiger partial charge in [0.05, 0.1) is 19.2 Å². The molecule has 1 aliphatic heterocycles. The molecule has 2 aromatic carbocycles. The van der Waals surface area contributed by atoms with Crippen molar-refractivity contribution < 1.29 is 14.6 Å². The summed E-state index contributed by atoms with van der Waals surface area (Å²) in [7, 11) is 0. The number of aliphatic hydroxyl groups excluding tert-OH is 1. The standard InChI is InChI=1S/C22H23ClN2O3/c1-13-7-16(8-14(2)22(13)23)28-12-21(27)25-10-20-18(9-15(25)11-26)17-5-3-4-6-19(17)24-20/h3-8,15,24,26H,9-12H2,1-2H3. The van der Waals surface area contributed by atoms with Crippen LogP contribution in [0.3, 0.4) is 0 Å². The average molecular weight is 399 g/mol. The van der Waals surface area contributed by atoms with Crippen LogP contribution in [0.4, 0.5) is 0 Å². The fraction of sp³-hybridized carbons (Fsp3) is 0.318. The quantitative estimate of drug-likeness (QED) is 0.703. The molecular weight excluding hydrogens is 376 g/mol. The second kappa shape index (κ2) is 7.49. The number of aromatic amines is 1. The first-order valence-corrected chi connectivity index (χ1v) is 9.74. The highest BCUT2D eigenvalue weighted by atomic mass is 35.5. The van der Waals surface area contributed by atoms with Crippen LogP contribution in [-0.4, -0.2) is 40.2 Å². The number of amides is 1. The van der Waals surface area contributed by atoms with Crippen molar-refractivity contribution in [2.75, 3.05) is 13.2 Å². The molecule has 146 valence electrons. The summed E-state index contributed by atoms with van der Waals surface area (Å²) in [6.45, 7) is 4.11. The average Bonchev–Trinajstić information content (AvgIpc) is 3.06. The van der Waals surface area contributed by atoms with Crippen LogP contribution in [0.25, 0.3) is 10.9 Å². The largest absolute Gasteiger partial charge is 0.484 e. The number of rotatable bonds is 4. The molecule has 1 aliphatic rings. The first kappa shape index (κ1) is 18.8. The van der Waals surface area contributed by atoms with Gasteiger partial charge in [-0.05, 0) is 55.2 Å². The zero-order valence-corrected chi connectivity index (χ0v) is 16.7. The molecule has 2 heterocycles. The number of fused-ring (bicyclic) bond motifs is 3. The molecule has 1 atom stereocenters. The van der Waals surface area contributed by atoms with Gasteiger partial charge in [-0.25, -0.2) is 0 Å². The van der Waals surface area contributed by atoms with E-state index in [0.29, 0.717) is 23.7 Å². The number of hydrogen-bond donors (Lipinski definition) is 2. The third-order valence-electron chi connectivity index (χ3n) is 5.41. The molecule has 1 unspecified atom stereocenters. The summed E-state index contributed by atoms with van der Waals surface area (Å²) in [6.07, 6.45) is 0.626. The summed E-state index contributed by atoms with van der Waals surface area (Å²) in [5.41, 5.74) is 5.10. The highest BCUT2D eigenvalue weighted by Crippen LogP contribution is 2.30. The predicted molar refractivity (Wildman–Crippen MR) is 110 cm³/mol. The number of H-pyrrole nitrogens is 1. The smallest absolute Gasteiger partial charge is 0.261 e. The second-order valence-electron chi connectivity index (χ2n) is 7.35. The summed E-state index contributed by atoms with van der Waals surface area (Å²) in [5, 5.41) is 11.7. The van der Waals surface area contributed by atoms with E-state index in [4.69, 9.17) is 16.3 Å². The number of carbonyl (C=O) groups is 1. The van der Waals surface area contributed by atoms with Crippen LogP contribution in [0, 0.1) is 13.8 Å². The van der Waals surface area contributed by atoms with Crippen molar-refractivity contribution in [2.24, 2.45) is 0 Å². The Hall–Kier alpha value is -2.50. The molecule has 5 nitrogen and oxygen atoms in total. The van der Waals surface area contributed by atoms with Gasteiger partial charge in [0.15, 0.2) is 6.61 Å². The fourth-order valence-corrected chi connectivity index (χ4v) is 4.05. The zero-order chi connectivity index (χ0) is 19.8. The van der Waals surface area contributed by atoms with Crippen LogP contribution in [0.2, 0.25) is 5.02 Å². The number of nitrogens with one attached hydrogen (secondary N) is 1. The van der Waals surface area contributed by atoms with E-state index in [1.807, 2.05) is 44.2 Å². The maximum atomic E-state index is 12.9. The first-order valence-electron chi connectivity index (χ1n) is 9.36. The van der Waals surface area contributed by atoms with Gasteiger partial charge in [-0.1, -0.05) is 29.8 Å². The lowest BCUT2D eigenvalue weighted by atomic mass is 9.97. The number of hydrogen-bond acceptors (Lipinski definition) is 3. The van der Waals surface area contributed by atoms with Gasteiger partial charge in [-0.2, -0.15) is 0 Å². The minimum absolute atomic E-state index is 0.0768. The number of nitrogens with zero attached hydrogens (tertiary/aromatic N) is 1. The number of aromatic nitrogens is 1. The molecule has 0 spiro atoms. The molecule has 28 heavy (non-hydrogen) atoms. The van der Waals surface area contributed by atoms with Crippen LogP contribution in [0.5, 0.6) is 5.75 Å². The molecular formula is C22H23ClN2O3. The van der Waals surface area contributed by atoms with Crippen molar-refractivity contribution in [3.63, 3.8) is 0 Å². The molecule has 2 N–H and O–H groups in total. The van der Waals surface area contributed by atoms with Gasteiger partial charge in [0, 0.05) is 21.6 Å². The maximum absolute atomic E-state index is 12.9. The Bertz CT molecular complexity index is 1020. The lowest BCUT2D eigenvalue weighted by molar-refractivity contribution is -0.138. The molecule has 0 aliphatic carbocycles. The van der Waals surface area contributed by atoms with Crippen LogP contribution in [0.1, 0.15) is 22.4 Å². The highest BCUT2D eigenvalue weighted by Gasteiger charge is 2.31. The van der Waals surface area contributed by atoms with Gasteiger partial charge in [-0.15, -0.1) is 0 Å². The van der Waals surface area contributed by atoms with E-state index in [-0.39, 0.29) is 25.2 Å². The van der Waals surface area contributed by atoms with E-state index in [9.17, 15) is 9.90 Å². The number of ether oxygens (including phenoxy) is 1. The van der Waals surface area contributed by atoms with Crippen molar-refractivity contribution in [3.8, 4) is 5.75 Å². The molecule has 6 heteroatoms. The van der Waals surface area contributed by atoms with Crippen LogP contribution < -0.4 is 4.74 Å². The first-order chi connectivity index (χ1) is 13.5. The van der Waals surface area contributed by atoms with Crippen LogP contribution >= 0.6 is 11.6 Å². The summed E-state index contributed by atoms with van der Waals surface area (Å²) in [4.78, 5) is 18.0. The molecule has 0 fully saturated rings. The third-order valence-corrected chi connectivity index (χ3v) is 6.01. The van der Waals surface area contributed by atoms with E-state index in [0.717, 1.165) is 27.7 Å². The van der Waals surface area contributed by atoms with Crippen LogP contribution in [0.15, 0.2) is 36.4 Å². The number of carbonyl (C=O) groups excluding carboxylic acids is 1. The Balaban J connectivity index is 1.52. The molecule has 0 saturated heterocycles. The summed E-state index contributed by atoms with van der Waals surface area (Å²) >= 11 is 6.19. The van der Waals surface area contributed by atoms with E-state index >= 15 is 0 Å². The van der Waals surface area contributed by atoms with Gasteiger partial charge in [0.1, 0.15) is 5.75 Å². The second-order valence-corrected chi connectivity index (χ2v) is 7.73. The lowest BCUT2D eigenvalue weighted by Crippen LogP contribution is -2.48. The number of aliphatic hydroxyl groups is 1. The molecule has 1 aromatic heterocycles. The van der Waals surface area contributed by atoms with Gasteiger partial charge < -0.3 is 19.7 Å². The Morgan fingerprint density at radius 3 is 2.71 bits per heavy atom. The number of halogens is 1. The summed E-state index contributed by atoms with van der Waals surface area (Å²) in [5.74, 6) is 0.477. The van der Waals surface area contributed by atoms with E-state index in [1.165, 1.54) is 5.56 Å². The Labute approximate surface area is 168 Å².